The number of nitrogens with zero attached hydrogens (tertiary/aromatic N) is 1. The van der Waals surface area contributed by atoms with Crippen LogP contribution in [0.15, 0.2) is 30.3 Å². The lowest BCUT2D eigenvalue weighted by atomic mass is 9.92. The topological polar surface area (TPSA) is 66.8 Å². The maximum absolute atomic E-state index is 12.2. The first kappa shape index (κ1) is 16.0. The molecule has 1 saturated carbocycles. The van der Waals surface area contributed by atoms with Crippen molar-refractivity contribution in [2.75, 3.05) is 26.3 Å². The highest BCUT2D eigenvalue weighted by atomic mass is 16.5. The number of carbonyl (C=O) groups is 2. The van der Waals surface area contributed by atoms with Crippen LogP contribution in [0.5, 0.6) is 0 Å². The molecule has 23 heavy (non-hydrogen) atoms. The van der Waals surface area contributed by atoms with Crippen LogP contribution in [0.2, 0.25) is 0 Å². The summed E-state index contributed by atoms with van der Waals surface area (Å²) in [6.07, 6.45) is 2.98. The zero-order valence-electron chi connectivity index (χ0n) is 13.2. The Hall–Kier alpha value is -1.88. The van der Waals surface area contributed by atoms with Crippen molar-refractivity contribution in [3.05, 3.63) is 35.9 Å². The summed E-state index contributed by atoms with van der Waals surface area (Å²) in [5, 5.41) is 9.33. The summed E-state index contributed by atoms with van der Waals surface area (Å²) >= 11 is 0. The van der Waals surface area contributed by atoms with Crippen LogP contribution in [0.1, 0.15) is 18.4 Å². The van der Waals surface area contributed by atoms with Gasteiger partial charge in [-0.3, -0.25) is 9.59 Å². The fraction of sp³-hybridized carbons (Fsp3) is 0.556. The molecule has 1 aliphatic heterocycles. The van der Waals surface area contributed by atoms with Crippen molar-refractivity contribution in [1.82, 2.24) is 4.90 Å². The number of amides is 1. The van der Waals surface area contributed by atoms with Crippen LogP contribution in [0.4, 0.5) is 0 Å². The average Bonchev–Trinajstić information content (AvgIpc) is 3.30. The molecule has 1 amide bonds. The second-order valence-corrected chi connectivity index (χ2v) is 6.53. The summed E-state index contributed by atoms with van der Waals surface area (Å²) in [4.78, 5) is 25.3. The fourth-order valence-electron chi connectivity index (χ4n) is 3.38. The highest BCUT2D eigenvalue weighted by molar-refractivity contribution is 5.80. The third-order valence-corrected chi connectivity index (χ3v) is 4.87. The molecule has 0 aromatic heterocycles. The quantitative estimate of drug-likeness (QED) is 0.779. The molecule has 1 heterocycles. The van der Waals surface area contributed by atoms with Gasteiger partial charge in [0.05, 0.1) is 12.5 Å². The Kier molecular flexibility index (Phi) is 4.96. The van der Waals surface area contributed by atoms with Crippen LogP contribution < -0.4 is 0 Å². The minimum atomic E-state index is -0.776. The fourth-order valence-corrected chi connectivity index (χ4v) is 3.38. The van der Waals surface area contributed by atoms with Gasteiger partial charge in [-0.1, -0.05) is 30.3 Å². The lowest BCUT2D eigenvalue weighted by molar-refractivity contribution is -0.143. The molecular formula is C18H23NO4. The van der Waals surface area contributed by atoms with E-state index in [1.54, 1.807) is 4.90 Å². The van der Waals surface area contributed by atoms with E-state index in [1.807, 2.05) is 30.3 Å². The monoisotopic (exact) mass is 317 g/mol. The summed E-state index contributed by atoms with van der Waals surface area (Å²) in [5.41, 5.74) is 1.18. The molecule has 1 aromatic rings. The molecule has 0 unspecified atom stereocenters. The SMILES string of the molecule is O=C(O)[C@H]1CN(C(=O)COCCc2ccccc2)C[C@@H]1C1CC1. The van der Waals surface area contributed by atoms with E-state index in [2.05, 4.69) is 0 Å². The molecule has 1 saturated heterocycles. The largest absolute Gasteiger partial charge is 0.481 e. The van der Waals surface area contributed by atoms with Gasteiger partial charge in [-0.25, -0.2) is 0 Å². The predicted octanol–water partition coefficient (Wildman–Crippen LogP) is 1.81. The van der Waals surface area contributed by atoms with E-state index in [4.69, 9.17) is 4.74 Å². The van der Waals surface area contributed by atoms with E-state index < -0.39 is 11.9 Å². The molecule has 0 bridgehead atoms. The van der Waals surface area contributed by atoms with Crippen molar-refractivity contribution < 1.29 is 19.4 Å². The molecule has 3 rings (SSSR count). The Balaban J connectivity index is 1.42. The molecule has 1 aromatic carbocycles. The van der Waals surface area contributed by atoms with E-state index >= 15 is 0 Å². The molecule has 1 N–H and O–H groups in total. The van der Waals surface area contributed by atoms with E-state index in [9.17, 15) is 14.7 Å². The minimum Gasteiger partial charge on any atom is -0.481 e. The lowest BCUT2D eigenvalue weighted by Gasteiger charge is -2.16. The Morgan fingerprint density at radius 3 is 2.57 bits per heavy atom. The van der Waals surface area contributed by atoms with Gasteiger partial charge in [-0.15, -0.1) is 0 Å². The Labute approximate surface area is 136 Å². The highest BCUT2D eigenvalue weighted by Gasteiger charge is 2.46. The number of aliphatic carboxylic acids is 1. The molecule has 124 valence electrons. The van der Waals surface area contributed by atoms with Crippen LogP contribution in [0.25, 0.3) is 0 Å². The maximum Gasteiger partial charge on any atom is 0.308 e. The van der Waals surface area contributed by atoms with Gasteiger partial charge in [0.15, 0.2) is 0 Å². The van der Waals surface area contributed by atoms with E-state index in [-0.39, 0.29) is 18.4 Å². The van der Waals surface area contributed by atoms with Crippen molar-refractivity contribution in [3.8, 4) is 0 Å². The molecule has 1 aliphatic carbocycles. The van der Waals surface area contributed by atoms with Crippen molar-refractivity contribution >= 4 is 11.9 Å². The van der Waals surface area contributed by atoms with Gasteiger partial charge >= 0.3 is 5.97 Å². The van der Waals surface area contributed by atoms with Gasteiger partial charge in [0.1, 0.15) is 6.61 Å². The zero-order valence-corrected chi connectivity index (χ0v) is 13.2. The second kappa shape index (κ2) is 7.13. The van der Waals surface area contributed by atoms with Crippen LogP contribution in [0.3, 0.4) is 0 Å². The van der Waals surface area contributed by atoms with E-state index in [1.165, 1.54) is 5.56 Å². The van der Waals surface area contributed by atoms with Gasteiger partial charge < -0.3 is 14.7 Å². The first-order chi connectivity index (χ1) is 11.1. The van der Waals surface area contributed by atoms with Crippen LogP contribution in [-0.2, 0) is 20.7 Å². The van der Waals surface area contributed by atoms with Crippen LogP contribution in [0, 0.1) is 17.8 Å². The maximum atomic E-state index is 12.2. The summed E-state index contributed by atoms with van der Waals surface area (Å²) in [6, 6.07) is 9.99. The summed E-state index contributed by atoms with van der Waals surface area (Å²) in [6.45, 7) is 1.44. The number of carboxylic acid groups (broad SMARTS) is 1. The van der Waals surface area contributed by atoms with Crippen molar-refractivity contribution in [1.29, 1.82) is 0 Å². The van der Waals surface area contributed by atoms with Crippen LogP contribution >= 0.6 is 0 Å². The lowest BCUT2D eigenvalue weighted by Crippen LogP contribution is -2.33. The predicted molar refractivity (Wildman–Crippen MR) is 84.9 cm³/mol. The number of carboxylic acids is 1. The standard InChI is InChI=1S/C18H23NO4/c20-17(12-23-9-8-13-4-2-1-3-5-13)19-10-15(14-6-7-14)16(11-19)18(21)22/h1-5,14-16H,6-12H2,(H,21,22)/t15-,16+/m1/s1. The number of ether oxygens (including phenoxy) is 1. The number of benzene rings is 1. The van der Waals surface area contributed by atoms with Gasteiger partial charge in [0.25, 0.3) is 0 Å². The molecule has 2 fully saturated rings. The number of hydrogen-bond donors (Lipinski definition) is 1. The first-order valence-electron chi connectivity index (χ1n) is 8.27. The molecule has 5 nitrogen and oxygen atoms in total. The zero-order chi connectivity index (χ0) is 16.2. The second-order valence-electron chi connectivity index (χ2n) is 6.53. The van der Waals surface area contributed by atoms with Crippen molar-refractivity contribution in [2.24, 2.45) is 17.8 Å². The van der Waals surface area contributed by atoms with Gasteiger partial charge in [0.2, 0.25) is 5.91 Å². The van der Waals surface area contributed by atoms with Crippen molar-refractivity contribution in [2.45, 2.75) is 19.3 Å². The number of rotatable bonds is 7. The Bertz CT molecular complexity index is 555. The van der Waals surface area contributed by atoms with E-state index in [0.717, 1.165) is 19.3 Å². The minimum absolute atomic E-state index is 0.0383. The van der Waals surface area contributed by atoms with Crippen molar-refractivity contribution in [3.63, 3.8) is 0 Å². The molecule has 5 heteroatoms. The number of carbonyl (C=O) groups excluding carboxylic acids is 1. The third-order valence-electron chi connectivity index (χ3n) is 4.87. The van der Waals surface area contributed by atoms with Crippen LogP contribution in [-0.4, -0.2) is 48.2 Å². The third kappa shape index (κ3) is 4.10. The Morgan fingerprint density at radius 2 is 1.91 bits per heavy atom. The number of hydrogen-bond acceptors (Lipinski definition) is 3. The van der Waals surface area contributed by atoms with Gasteiger partial charge in [0, 0.05) is 13.1 Å². The first-order valence-corrected chi connectivity index (χ1v) is 8.27. The molecular weight excluding hydrogens is 294 g/mol. The van der Waals surface area contributed by atoms with Gasteiger partial charge in [-0.05, 0) is 36.7 Å². The van der Waals surface area contributed by atoms with Gasteiger partial charge in [-0.2, -0.15) is 0 Å². The summed E-state index contributed by atoms with van der Waals surface area (Å²) < 4.78 is 5.48. The smallest absolute Gasteiger partial charge is 0.308 e. The summed E-state index contributed by atoms with van der Waals surface area (Å²) in [5.74, 6) is -0.654. The number of likely N-dealkylation sites (tertiary alicyclic amines) is 1. The highest BCUT2D eigenvalue weighted by Crippen LogP contribution is 2.44. The molecule has 0 radical (unpaired) electrons. The molecule has 0 spiro atoms. The molecule has 2 aliphatic rings. The molecule has 2 atom stereocenters. The average molecular weight is 317 g/mol. The Morgan fingerprint density at radius 1 is 1.17 bits per heavy atom. The normalized spacial score (nSPS) is 23.9. The van der Waals surface area contributed by atoms with E-state index in [0.29, 0.717) is 25.6 Å². The summed E-state index contributed by atoms with van der Waals surface area (Å²) in [7, 11) is 0.